The van der Waals surface area contributed by atoms with E-state index in [0.29, 0.717) is 31.6 Å². The highest BCUT2D eigenvalue weighted by atomic mass is 16.5. The third kappa shape index (κ3) is 4.37. The van der Waals surface area contributed by atoms with Crippen molar-refractivity contribution in [2.75, 3.05) is 33.9 Å². The molecular weight excluding hydrogens is 418 g/mol. The third-order valence-electron chi connectivity index (χ3n) is 6.72. The van der Waals surface area contributed by atoms with Crippen LogP contribution in [0, 0.1) is 17.2 Å². The monoisotopic (exact) mass is 447 g/mol. The Labute approximate surface area is 194 Å². The minimum absolute atomic E-state index is 0.0423. The summed E-state index contributed by atoms with van der Waals surface area (Å²) in [4.78, 5) is 28.2. The van der Waals surface area contributed by atoms with Crippen LogP contribution in [0.2, 0.25) is 0 Å². The lowest BCUT2D eigenvalue weighted by atomic mass is 9.74. The molecule has 2 aliphatic heterocycles. The van der Waals surface area contributed by atoms with Crippen molar-refractivity contribution in [2.45, 2.75) is 30.8 Å². The van der Waals surface area contributed by atoms with Gasteiger partial charge in [0.15, 0.2) is 0 Å². The van der Waals surface area contributed by atoms with Gasteiger partial charge in [0.05, 0.1) is 18.7 Å². The SMILES string of the molecule is CN(C)C(=O)c1ccc(-c2ccc([C@@H]3[C@@H](CO)N(C(=O)C4CCOCC4)[C@H]3C#N)cc2)cc1. The van der Waals surface area contributed by atoms with E-state index in [1.807, 2.05) is 48.5 Å². The van der Waals surface area contributed by atoms with Crippen molar-refractivity contribution in [1.82, 2.24) is 9.80 Å². The highest BCUT2D eigenvalue weighted by molar-refractivity contribution is 5.94. The summed E-state index contributed by atoms with van der Waals surface area (Å²) in [5.74, 6) is -0.462. The van der Waals surface area contributed by atoms with E-state index < -0.39 is 12.1 Å². The standard InChI is InChI=1S/C26H29N3O4/c1-28(2)25(31)20-9-5-18(6-10-20)17-3-7-19(8-4-17)24-22(15-27)29(23(24)16-30)26(32)21-11-13-33-14-12-21/h3-10,21-24,30H,11-14,16H2,1-2H3/t22-,23+,24-/m0/s1. The van der Waals surface area contributed by atoms with Gasteiger partial charge in [-0.25, -0.2) is 0 Å². The van der Waals surface area contributed by atoms with Gasteiger partial charge in [0.25, 0.3) is 5.91 Å². The van der Waals surface area contributed by atoms with Gasteiger partial charge in [-0.1, -0.05) is 36.4 Å². The van der Waals surface area contributed by atoms with E-state index in [-0.39, 0.29) is 30.3 Å². The molecule has 7 heteroatoms. The fourth-order valence-electron chi connectivity index (χ4n) is 4.83. The molecule has 2 amide bonds. The van der Waals surface area contributed by atoms with Gasteiger partial charge in [-0.3, -0.25) is 9.59 Å². The van der Waals surface area contributed by atoms with E-state index in [9.17, 15) is 20.0 Å². The number of aliphatic hydroxyl groups excluding tert-OH is 1. The number of aliphatic hydroxyl groups is 1. The number of rotatable bonds is 5. The lowest BCUT2D eigenvalue weighted by Crippen LogP contribution is -2.66. The largest absolute Gasteiger partial charge is 0.394 e. The van der Waals surface area contributed by atoms with Crippen molar-refractivity contribution >= 4 is 11.8 Å². The second kappa shape index (κ2) is 9.74. The van der Waals surface area contributed by atoms with Crippen LogP contribution in [0.5, 0.6) is 0 Å². The fraction of sp³-hybridized carbons (Fsp3) is 0.423. The Bertz CT molecular complexity index is 1040. The molecule has 0 bridgehead atoms. The number of hydrogen-bond donors (Lipinski definition) is 1. The number of likely N-dealkylation sites (tertiary alicyclic amines) is 1. The molecule has 4 rings (SSSR count). The maximum atomic E-state index is 13.0. The molecule has 7 nitrogen and oxygen atoms in total. The van der Waals surface area contributed by atoms with Gasteiger partial charge < -0.3 is 19.6 Å². The first-order valence-corrected chi connectivity index (χ1v) is 11.3. The van der Waals surface area contributed by atoms with E-state index in [4.69, 9.17) is 4.74 Å². The maximum absolute atomic E-state index is 13.0. The number of nitriles is 1. The normalized spacial score (nSPS) is 22.8. The summed E-state index contributed by atoms with van der Waals surface area (Å²) in [5.41, 5.74) is 3.54. The Morgan fingerprint density at radius 2 is 1.64 bits per heavy atom. The highest BCUT2D eigenvalue weighted by Gasteiger charge is 2.52. The zero-order valence-electron chi connectivity index (χ0n) is 19.0. The molecular formula is C26H29N3O4. The van der Waals surface area contributed by atoms with Gasteiger partial charge in [0, 0.05) is 44.7 Å². The average Bonchev–Trinajstić information content (AvgIpc) is 2.84. The van der Waals surface area contributed by atoms with Gasteiger partial charge in [-0.05, 0) is 41.7 Å². The van der Waals surface area contributed by atoms with Gasteiger partial charge in [-0.15, -0.1) is 0 Å². The second-order valence-electron chi connectivity index (χ2n) is 8.88. The van der Waals surface area contributed by atoms with Gasteiger partial charge >= 0.3 is 0 Å². The lowest BCUT2D eigenvalue weighted by Gasteiger charge is -2.52. The average molecular weight is 448 g/mol. The topological polar surface area (TPSA) is 93.9 Å². The molecule has 0 unspecified atom stereocenters. The highest BCUT2D eigenvalue weighted by Crippen LogP contribution is 2.42. The smallest absolute Gasteiger partial charge is 0.253 e. The summed E-state index contributed by atoms with van der Waals surface area (Å²) < 4.78 is 5.35. The molecule has 0 aromatic heterocycles. The lowest BCUT2D eigenvalue weighted by molar-refractivity contribution is -0.154. The quantitative estimate of drug-likeness (QED) is 0.761. The molecule has 1 N–H and O–H groups in total. The third-order valence-corrected chi connectivity index (χ3v) is 6.72. The first-order chi connectivity index (χ1) is 16.0. The Hall–Kier alpha value is -3.21. The Morgan fingerprint density at radius 3 is 2.15 bits per heavy atom. The molecule has 172 valence electrons. The van der Waals surface area contributed by atoms with E-state index in [2.05, 4.69) is 6.07 Å². The van der Waals surface area contributed by atoms with Crippen molar-refractivity contribution in [3.8, 4) is 17.2 Å². The minimum atomic E-state index is -0.584. The Morgan fingerprint density at radius 1 is 1.06 bits per heavy atom. The first-order valence-electron chi connectivity index (χ1n) is 11.3. The predicted octanol–water partition coefficient (Wildman–Crippen LogP) is 2.66. The molecule has 2 aromatic carbocycles. The molecule has 2 saturated heterocycles. The molecule has 3 atom stereocenters. The summed E-state index contributed by atoms with van der Waals surface area (Å²) in [6.07, 6.45) is 1.31. The van der Waals surface area contributed by atoms with E-state index >= 15 is 0 Å². The van der Waals surface area contributed by atoms with Crippen LogP contribution in [0.1, 0.15) is 34.7 Å². The number of hydrogen-bond acceptors (Lipinski definition) is 5. The summed E-state index contributed by atoms with van der Waals surface area (Å²) in [6, 6.07) is 16.6. The summed E-state index contributed by atoms with van der Waals surface area (Å²) in [5, 5.41) is 19.8. The molecule has 2 fully saturated rings. The molecule has 2 aliphatic rings. The zero-order chi connectivity index (χ0) is 23.5. The predicted molar refractivity (Wildman–Crippen MR) is 123 cm³/mol. The Kier molecular flexibility index (Phi) is 6.77. The second-order valence-corrected chi connectivity index (χ2v) is 8.88. The molecule has 0 radical (unpaired) electrons. The maximum Gasteiger partial charge on any atom is 0.253 e. The summed E-state index contributed by atoms with van der Waals surface area (Å²) >= 11 is 0. The van der Waals surface area contributed by atoms with Crippen LogP contribution in [0.15, 0.2) is 48.5 Å². The van der Waals surface area contributed by atoms with Gasteiger partial charge in [0.1, 0.15) is 6.04 Å². The molecule has 2 heterocycles. The van der Waals surface area contributed by atoms with Crippen molar-refractivity contribution in [2.24, 2.45) is 5.92 Å². The number of ether oxygens (including phenoxy) is 1. The fourth-order valence-corrected chi connectivity index (χ4v) is 4.83. The minimum Gasteiger partial charge on any atom is -0.394 e. The van der Waals surface area contributed by atoms with Crippen LogP contribution in [0.4, 0.5) is 0 Å². The summed E-state index contributed by atoms with van der Waals surface area (Å²) in [6.45, 7) is 0.932. The van der Waals surface area contributed by atoms with E-state index in [1.54, 1.807) is 23.9 Å². The Balaban J connectivity index is 1.50. The summed E-state index contributed by atoms with van der Waals surface area (Å²) in [7, 11) is 3.45. The number of benzene rings is 2. The number of carbonyl (C=O) groups excluding carboxylic acids is 2. The van der Waals surface area contributed by atoms with E-state index in [0.717, 1.165) is 16.7 Å². The molecule has 0 saturated carbocycles. The van der Waals surface area contributed by atoms with Crippen molar-refractivity contribution < 1.29 is 19.4 Å². The number of amides is 2. The van der Waals surface area contributed by atoms with Crippen LogP contribution < -0.4 is 0 Å². The van der Waals surface area contributed by atoms with Crippen molar-refractivity contribution in [1.29, 1.82) is 5.26 Å². The van der Waals surface area contributed by atoms with Crippen molar-refractivity contribution in [3.05, 3.63) is 59.7 Å². The van der Waals surface area contributed by atoms with Crippen LogP contribution in [-0.2, 0) is 9.53 Å². The van der Waals surface area contributed by atoms with Gasteiger partial charge in [-0.2, -0.15) is 5.26 Å². The number of nitrogens with zero attached hydrogens (tertiary/aromatic N) is 3. The van der Waals surface area contributed by atoms with Crippen molar-refractivity contribution in [3.63, 3.8) is 0 Å². The molecule has 33 heavy (non-hydrogen) atoms. The number of carbonyl (C=O) groups is 2. The van der Waals surface area contributed by atoms with Crippen LogP contribution in [0.25, 0.3) is 11.1 Å². The molecule has 0 spiro atoms. The first kappa shape index (κ1) is 23.0. The zero-order valence-corrected chi connectivity index (χ0v) is 19.0. The molecule has 0 aliphatic carbocycles. The molecule has 2 aromatic rings. The van der Waals surface area contributed by atoms with Gasteiger partial charge in [0.2, 0.25) is 5.91 Å². The van der Waals surface area contributed by atoms with Crippen LogP contribution in [0.3, 0.4) is 0 Å². The van der Waals surface area contributed by atoms with E-state index in [1.165, 1.54) is 0 Å². The van der Waals surface area contributed by atoms with Crippen LogP contribution >= 0.6 is 0 Å². The van der Waals surface area contributed by atoms with Crippen LogP contribution in [-0.4, -0.2) is 72.7 Å².